The number of aliphatic hydroxyl groups excluding tert-OH is 1. The molecule has 76 valence electrons. The lowest BCUT2D eigenvalue weighted by Crippen LogP contribution is -2.19. The molecule has 1 heteroatoms. The molecule has 14 heavy (non-hydrogen) atoms. The predicted molar refractivity (Wildman–Crippen MR) is 58.2 cm³/mol. The molecule has 1 aromatic carbocycles. The van der Waals surface area contributed by atoms with Crippen LogP contribution in [0.5, 0.6) is 0 Å². The molecule has 0 aromatic heterocycles. The molecule has 0 heterocycles. The second-order valence-electron chi connectivity index (χ2n) is 4.36. The minimum atomic E-state index is -0.0785. The summed E-state index contributed by atoms with van der Waals surface area (Å²) in [6.45, 7) is 2.23. The van der Waals surface area contributed by atoms with E-state index in [0.717, 1.165) is 6.42 Å². The monoisotopic (exact) mass is 190 g/mol. The second kappa shape index (κ2) is 4.14. The Balaban J connectivity index is 2.12. The van der Waals surface area contributed by atoms with Crippen molar-refractivity contribution in [3.63, 3.8) is 0 Å². The van der Waals surface area contributed by atoms with Crippen LogP contribution in [0.25, 0.3) is 0 Å². The van der Waals surface area contributed by atoms with E-state index >= 15 is 0 Å². The SMILES string of the molecule is CC(c1ccccc1)C1CCCC1O. The fraction of sp³-hybridized carbons (Fsp3) is 0.538. The van der Waals surface area contributed by atoms with E-state index in [0.29, 0.717) is 11.8 Å². The predicted octanol–water partition coefficient (Wildman–Crippen LogP) is 2.95. The van der Waals surface area contributed by atoms with Crippen molar-refractivity contribution in [2.24, 2.45) is 5.92 Å². The van der Waals surface area contributed by atoms with Gasteiger partial charge in [0.1, 0.15) is 0 Å². The maximum Gasteiger partial charge on any atom is 0.0574 e. The van der Waals surface area contributed by atoms with Crippen LogP contribution in [0.15, 0.2) is 30.3 Å². The van der Waals surface area contributed by atoms with E-state index < -0.39 is 0 Å². The van der Waals surface area contributed by atoms with E-state index in [2.05, 4.69) is 31.2 Å². The maximum atomic E-state index is 9.82. The van der Waals surface area contributed by atoms with E-state index in [4.69, 9.17) is 0 Å². The number of hydrogen-bond acceptors (Lipinski definition) is 1. The summed E-state index contributed by atoms with van der Waals surface area (Å²) >= 11 is 0. The van der Waals surface area contributed by atoms with Gasteiger partial charge in [0.15, 0.2) is 0 Å². The molecule has 0 radical (unpaired) electrons. The highest BCUT2D eigenvalue weighted by Crippen LogP contribution is 2.36. The number of rotatable bonds is 2. The Bertz CT molecular complexity index is 281. The van der Waals surface area contributed by atoms with Gasteiger partial charge >= 0.3 is 0 Å². The molecule has 0 amide bonds. The van der Waals surface area contributed by atoms with Crippen LogP contribution in [0.2, 0.25) is 0 Å². The molecular weight excluding hydrogens is 172 g/mol. The minimum absolute atomic E-state index is 0.0785. The molecule has 1 aliphatic rings. The number of hydrogen-bond donors (Lipinski definition) is 1. The van der Waals surface area contributed by atoms with E-state index in [9.17, 15) is 5.11 Å². The quantitative estimate of drug-likeness (QED) is 0.760. The molecule has 1 N–H and O–H groups in total. The second-order valence-corrected chi connectivity index (χ2v) is 4.36. The fourth-order valence-corrected chi connectivity index (χ4v) is 2.56. The van der Waals surface area contributed by atoms with E-state index in [1.165, 1.54) is 18.4 Å². The van der Waals surface area contributed by atoms with Crippen molar-refractivity contribution in [3.8, 4) is 0 Å². The molecule has 0 spiro atoms. The van der Waals surface area contributed by atoms with Gasteiger partial charge in [0.05, 0.1) is 6.10 Å². The molecule has 2 rings (SSSR count). The Morgan fingerprint density at radius 2 is 1.93 bits per heavy atom. The summed E-state index contributed by atoms with van der Waals surface area (Å²) < 4.78 is 0. The first kappa shape index (κ1) is 9.72. The highest BCUT2D eigenvalue weighted by atomic mass is 16.3. The van der Waals surface area contributed by atoms with Crippen molar-refractivity contribution in [1.82, 2.24) is 0 Å². The Morgan fingerprint density at radius 3 is 2.50 bits per heavy atom. The van der Waals surface area contributed by atoms with Crippen molar-refractivity contribution in [1.29, 1.82) is 0 Å². The standard InChI is InChI=1S/C13H18O/c1-10(11-6-3-2-4-7-11)12-8-5-9-13(12)14/h2-4,6-7,10,12-14H,5,8-9H2,1H3. The average Bonchev–Trinajstić information content (AvgIpc) is 2.65. The van der Waals surface area contributed by atoms with Crippen LogP contribution in [-0.2, 0) is 0 Å². The molecular formula is C13H18O. The highest BCUT2D eigenvalue weighted by Gasteiger charge is 2.30. The van der Waals surface area contributed by atoms with Crippen molar-refractivity contribution in [3.05, 3.63) is 35.9 Å². The van der Waals surface area contributed by atoms with Gasteiger partial charge in [0, 0.05) is 0 Å². The molecule has 0 saturated heterocycles. The van der Waals surface area contributed by atoms with Crippen molar-refractivity contribution in [2.75, 3.05) is 0 Å². The van der Waals surface area contributed by atoms with Gasteiger partial charge in [-0.2, -0.15) is 0 Å². The third kappa shape index (κ3) is 1.83. The topological polar surface area (TPSA) is 20.2 Å². The van der Waals surface area contributed by atoms with Gasteiger partial charge < -0.3 is 5.11 Å². The summed E-state index contributed by atoms with van der Waals surface area (Å²) in [4.78, 5) is 0. The molecule has 1 nitrogen and oxygen atoms in total. The third-order valence-electron chi connectivity index (χ3n) is 3.50. The normalized spacial score (nSPS) is 29.0. The lowest BCUT2D eigenvalue weighted by molar-refractivity contribution is 0.120. The lowest BCUT2D eigenvalue weighted by atomic mass is 9.85. The minimum Gasteiger partial charge on any atom is -0.393 e. The van der Waals surface area contributed by atoms with Crippen LogP contribution >= 0.6 is 0 Å². The van der Waals surface area contributed by atoms with Gasteiger partial charge in [0.2, 0.25) is 0 Å². The molecule has 1 fully saturated rings. The van der Waals surface area contributed by atoms with Crippen LogP contribution < -0.4 is 0 Å². The van der Waals surface area contributed by atoms with Crippen LogP contribution in [-0.4, -0.2) is 11.2 Å². The van der Waals surface area contributed by atoms with Crippen molar-refractivity contribution in [2.45, 2.75) is 38.2 Å². The van der Waals surface area contributed by atoms with Gasteiger partial charge in [0.25, 0.3) is 0 Å². The van der Waals surface area contributed by atoms with Gasteiger partial charge in [-0.05, 0) is 30.2 Å². The van der Waals surface area contributed by atoms with E-state index in [1.807, 2.05) is 6.07 Å². The van der Waals surface area contributed by atoms with E-state index in [-0.39, 0.29) is 6.10 Å². The highest BCUT2D eigenvalue weighted by molar-refractivity contribution is 5.20. The average molecular weight is 190 g/mol. The maximum absolute atomic E-state index is 9.82. The summed E-state index contributed by atoms with van der Waals surface area (Å²) in [5.74, 6) is 0.964. The zero-order valence-electron chi connectivity index (χ0n) is 8.69. The summed E-state index contributed by atoms with van der Waals surface area (Å²) in [5.41, 5.74) is 1.36. The zero-order valence-corrected chi connectivity index (χ0v) is 8.69. The van der Waals surface area contributed by atoms with Gasteiger partial charge in [-0.15, -0.1) is 0 Å². The molecule has 1 aliphatic carbocycles. The molecule has 0 aliphatic heterocycles. The van der Waals surface area contributed by atoms with Crippen molar-refractivity contribution >= 4 is 0 Å². The summed E-state index contributed by atoms with van der Waals surface area (Å²) in [7, 11) is 0. The van der Waals surface area contributed by atoms with Gasteiger partial charge in [-0.3, -0.25) is 0 Å². The molecule has 3 atom stereocenters. The van der Waals surface area contributed by atoms with Crippen molar-refractivity contribution < 1.29 is 5.11 Å². The van der Waals surface area contributed by atoms with Gasteiger partial charge in [-0.1, -0.05) is 43.7 Å². The first-order valence-electron chi connectivity index (χ1n) is 5.52. The lowest BCUT2D eigenvalue weighted by Gasteiger charge is -2.22. The van der Waals surface area contributed by atoms with Crippen LogP contribution in [0, 0.1) is 5.92 Å². The fourth-order valence-electron chi connectivity index (χ4n) is 2.56. The summed E-state index contributed by atoms with van der Waals surface area (Å²) in [5, 5.41) is 9.82. The third-order valence-corrected chi connectivity index (χ3v) is 3.50. The number of benzene rings is 1. The van der Waals surface area contributed by atoms with Crippen LogP contribution in [0.1, 0.15) is 37.7 Å². The smallest absolute Gasteiger partial charge is 0.0574 e. The zero-order chi connectivity index (χ0) is 9.97. The molecule has 0 bridgehead atoms. The van der Waals surface area contributed by atoms with E-state index in [1.54, 1.807) is 0 Å². The Labute approximate surface area is 85.8 Å². The van der Waals surface area contributed by atoms with Crippen LogP contribution in [0.4, 0.5) is 0 Å². The first-order valence-corrected chi connectivity index (χ1v) is 5.52. The Hall–Kier alpha value is -0.820. The number of aliphatic hydroxyl groups is 1. The molecule has 1 aromatic rings. The molecule has 1 saturated carbocycles. The van der Waals surface area contributed by atoms with Crippen LogP contribution in [0.3, 0.4) is 0 Å². The first-order chi connectivity index (χ1) is 6.79. The summed E-state index contributed by atoms with van der Waals surface area (Å²) in [6.07, 6.45) is 3.27. The Kier molecular flexibility index (Phi) is 2.87. The Morgan fingerprint density at radius 1 is 1.21 bits per heavy atom. The molecule has 3 unspecified atom stereocenters. The largest absolute Gasteiger partial charge is 0.393 e. The van der Waals surface area contributed by atoms with Gasteiger partial charge in [-0.25, -0.2) is 0 Å². The summed E-state index contributed by atoms with van der Waals surface area (Å²) in [6, 6.07) is 10.5.